The molecule has 29 heavy (non-hydrogen) atoms. The van der Waals surface area contributed by atoms with Gasteiger partial charge in [-0.2, -0.15) is 0 Å². The van der Waals surface area contributed by atoms with Crippen LogP contribution in [-0.4, -0.2) is 29.1 Å². The molecule has 0 spiro atoms. The van der Waals surface area contributed by atoms with E-state index >= 15 is 0 Å². The molecule has 1 fully saturated rings. The Labute approximate surface area is 172 Å². The number of nitrogens with one attached hydrogen (secondary N) is 2. The molecule has 2 aromatic rings. The van der Waals surface area contributed by atoms with Gasteiger partial charge in [-0.15, -0.1) is 0 Å². The van der Waals surface area contributed by atoms with Gasteiger partial charge in [0, 0.05) is 36.5 Å². The van der Waals surface area contributed by atoms with Crippen molar-refractivity contribution in [1.82, 2.24) is 4.98 Å². The first-order valence-electron chi connectivity index (χ1n) is 10.8. The van der Waals surface area contributed by atoms with Crippen molar-refractivity contribution < 1.29 is 9.90 Å². The van der Waals surface area contributed by atoms with Crippen LogP contribution in [-0.2, 0) is 11.3 Å². The van der Waals surface area contributed by atoms with Crippen LogP contribution in [0, 0.1) is 5.92 Å². The summed E-state index contributed by atoms with van der Waals surface area (Å²) < 4.78 is 0. The summed E-state index contributed by atoms with van der Waals surface area (Å²) >= 11 is 0. The highest BCUT2D eigenvalue weighted by molar-refractivity contribution is 6.00. The number of aliphatic hydroxyl groups is 1. The lowest BCUT2D eigenvalue weighted by molar-refractivity contribution is -0.123. The van der Waals surface area contributed by atoms with Crippen molar-refractivity contribution in [1.29, 1.82) is 0 Å². The SMILES string of the molecule is O=C(C1CCCCC1)N1Cc2cccnc2Nc2ccc(NCCCCO)cc21. The van der Waals surface area contributed by atoms with Crippen molar-refractivity contribution in [3.8, 4) is 0 Å². The predicted octanol–water partition coefficient (Wildman–Crippen LogP) is 4.44. The Kier molecular flexibility index (Phi) is 6.30. The molecule has 6 nitrogen and oxygen atoms in total. The van der Waals surface area contributed by atoms with Crippen LogP contribution in [0.3, 0.4) is 0 Å². The van der Waals surface area contributed by atoms with Gasteiger partial charge in [-0.3, -0.25) is 4.79 Å². The molecule has 0 saturated heterocycles. The average molecular weight is 395 g/mol. The Bertz CT molecular complexity index is 849. The Balaban J connectivity index is 1.64. The largest absolute Gasteiger partial charge is 0.396 e. The molecule has 2 heterocycles. The summed E-state index contributed by atoms with van der Waals surface area (Å²) in [4.78, 5) is 20.0. The highest BCUT2D eigenvalue weighted by Crippen LogP contribution is 2.38. The van der Waals surface area contributed by atoms with E-state index in [1.165, 1.54) is 6.42 Å². The molecular formula is C23H30N4O2. The van der Waals surface area contributed by atoms with Gasteiger partial charge in [-0.25, -0.2) is 4.98 Å². The molecule has 1 aromatic heterocycles. The second-order valence-electron chi connectivity index (χ2n) is 7.98. The van der Waals surface area contributed by atoms with Crippen molar-refractivity contribution in [2.24, 2.45) is 5.92 Å². The number of anilines is 4. The summed E-state index contributed by atoms with van der Waals surface area (Å²) in [7, 11) is 0. The molecule has 154 valence electrons. The number of hydrogen-bond donors (Lipinski definition) is 3. The number of hydrogen-bond acceptors (Lipinski definition) is 5. The van der Waals surface area contributed by atoms with Crippen molar-refractivity contribution in [2.75, 3.05) is 28.7 Å². The van der Waals surface area contributed by atoms with E-state index in [1.54, 1.807) is 6.20 Å². The van der Waals surface area contributed by atoms with Crippen molar-refractivity contribution in [3.05, 3.63) is 42.1 Å². The molecule has 2 aliphatic rings. The molecule has 0 atom stereocenters. The number of carbonyl (C=O) groups is 1. The minimum Gasteiger partial charge on any atom is -0.396 e. The third-order valence-electron chi connectivity index (χ3n) is 5.90. The van der Waals surface area contributed by atoms with Crippen molar-refractivity contribution >= 4 is 28.8 Å². The minimum atomic E-state index is 0.107. The van der Waals surface area contributed by atoms with Crippen LogP contribution in [0.25, 0.3) is 0 Å². The predicted molar refractivity (Wildman–Crippen MR) is 117 cm³/mol. The Morgan fingerprint density at radius 3 is 2.90 bits per heavy atom. The maximum absolute atomic E-state index is 13.5. The summed E-state index contributed by atoms with van der Waals surface area (Å²) in [5.74, 6) is 1.15. The van der Waals surface area contributed by atoms with Gasteiger partial charge in [-0.1, -0.05) is 25.3 Å². The summed E-state index contributed by atoms with van der Waals surface area (Å²) in [6.45, 7) is 1.54. The Hall–Kier alpha value is -2.60. The van der Waals surface area contributed by atoms with Crippen LogP contribution >= 0.6 is 0 Å². The van der Waals surface area contributed by atoms with E-state index in [2.05, 4.69) is 21.7 Å². The minimum absolute atomic E-state index is 0.107. The van der Waals surface area contributed by atoms with E-state index < -0.39 is 0 Å². The second-order valence-corrected chi connectivity index (χ2v) is 7.98. The van der Waals surface area contributed by atoms with Crippen LogP contribution < -0.4 is 15.5 Å². The van der Waals surface area contributed by atoms with E-state index in [0.717, 1.165) is 73.5 Å². The van der Waals surface area contributed by atoms with Crippen LogP contribution in [0.2, 0.25) is 0 Å². The molecule has 0 bridgehead atoms. The molecule has 1 amide bonds. The zero-order valence-corrected chi connectivity index (χ0v) is 16.9. The van der Waals surface area contributed by atoms with Gasteiger partial charge < -0.3 is 20.6 Å². The van der Waals surface area contributed by atoms with Crippen LogP contribution in [0.15, 0.2) is 36.5 Å². The second kappa shape index (κ2) is 9.27. The van der Waals surface area contributed by atoms with E-state index in [-0.39, 0.29) is 18.4 Å². The fourth-order valence-electron chi connectivity index (χ4n) is 4.27. The zero-order valence-electron chi connectivity index (χ0n) is 16.9. The standard InChI is InChI=1S/C23H30N4O2/c28-14-5-4-12-24-19-10-11-20-21(15-19)27(23(29)17-7-2-1-3-8-17)16-18-9-6-13-25-22(18)26-20/h6,9-11,13,15,17,24,28H,1-5,7-8,12,14,16H2,(H,25,26). The molecule has 3 N–H and O–H groups in total. The first-order valence-corrected chi connectivity index (χ1v) is 10.8. The van der Waals surface area contributed by atoms with E-state index in [9.17, 15) is 4.79 Å². The zero-order chi connectivity index (χ0) is 20.1. The number of unbranched alkanes of at least 4 members (excludes halogenated alkanes) is 1. The summed E-state index contributed by atoms with van der Waals surface area (Å²) in [6, 6.07) is 10.1. The number of pyridine rings is 1. The van der Waals surface area contributed by atoms with Gasteiger partial charge in [0.05, 0.1) is 17.9 Å². The monoisotopic (exact) mass is 394 g/mol. The Morgan fingerprint density at radius 1 is 1.21 bits per heavy atom. The van der Waals surface area contributed by atoms with Gasteiger partial charge in [-0.05, 0) is 49.9 Å². The van der Waals surface area contributed by atoms with E-state index in [1.807, 2.05) is 29.2 Å². The van der Waals surface area contributed by atoms with Gasteiger partial charge in [0.15, 0.2) is 0 Å². The van der Waals surface area contributed by atoms with Gasteiger partial charge in [0.2, 0.25) is 5.91 Å². The fraction of sp³-hybridized carbons (Fsp3) is 0.478. The van der Waals surface area contributed by atoms with E-state index in [4.69, 9.17) is 5.11 Å². The third kappa shape index (κ3) is 4.53. The topological polar surface area (TPSA) is 77.5 Å². The summed E-state index contributed by atoms with van der Waals surface area (Å²) in [5, 5.41) is 15.8. The maximum atomic E-state index is 13.5. The van der Waals surface area contributed by atoms with Gasteiger partial charge >= 0.3 is 0 Å². The maximum Gasteiger partial charge on any atom is 0.230 e. The molecule has 0 unspecified atom stereocenters. The average Bonchev–Trinajstić information content (AvgIpc) is 2.93. The van der Waals surface area contributed by atoms with Crippen molar-refractivity contribution in [2.45, 2.75) is 51.5 Å². The lowest BCUT2D eigenvalue weighted by Crippen LogP contribution is -2.36. The quantitative estimate of drug-likeness (QED) is 0.632. The number of rotatable bonds is 6. The molecule has 1 aliphatic carbocycles. The third-order valence-corrected chi connectivity index (χ3v) is 5.90. The van der Waals surface area contributed by atoms with Crippen LogP contribution in [0.1, 0.15) is 50.5 Å². The number of benzene rings is 1. The number of carbonyl (C=O) groups excluding carboxylic acids is 1. The number of fused-ring (bicyclic) bond motifs is 2. The lowest BCUT2D eigenvalue weighted by Gasteiger charge is -2.29. The first-order chi connectivity index (χ1) is 14.3. The molecular weight excluding hydrogens is 364 g/mol. The van der Waals surface area contributed by atoms with Crippen LogP contribution in [0.4, 0.5) is 22.9 Å². The first kappa shape index (κ1) is 19.7. The normalized spacial score (nSPS) is 16.4. The van der Waals surface area contributed by atoms with Crippen LogP contribution in [0.5, 0.6) is 0 Å². The van der Waals surface area contributed by atoms with Crippen molar-refractivity contribution in [3.63, 3.8) is 0 Å². The summed E-state index contributed by atoms with van der Waals surface area (Å²) in [6.07, 6.45) is 8.95. The highest BCUT2D eigenvalue weighted by Gasteiger charge is 2.30. The molecule has 1 saturated carbocycles. The number of nitrogens with zero attached hydrogens (tertiary/aromatic N) is 2. The lowest BCUT2D eigenvalue weighted by atomic mass is 9.88. The van der Waals surface area contributed by atoms with Gasteiger partial charge in [0.25, 0.3) is 0 Å². The molecule has 0 radical (unpaired) electrons. The highest BCUT2D eigenvalue weighted by atomic mass is 16.2. The Morgan fingerprint density at radius 2 is 2.07 bits per heavy atom. The number of amides is 1. The number of aliphatic hydroxyl groups excluding tert-OH is 1. The molecule has 1 aliphatic heterocycles. The molecule has 6 heteroatoms. The number of aromatic nitrogens is 1. The molecule has 4 rings (SSSR count). The van der Waals surface area contributed by atoms with E-state index in [0.29, 0.717) is 6.54 Å². The van der Waals surface area contributed by atoms with Gasteiger partial charge in [0.1, 0.15) is 5.82 Å². The summed E-state index contributed by atoms with van der Waals surface area (Å²) in [5.41, 5.74) is 3.84. The smallest absolute Gasteiger partial charge is 0.230 e. The molecule has 1 aromatic carbocycles. The fourth-order valence-corrected chi connectivity index (χ4v) is 4.27.